The fraction of sp³-hybridized carbons (Fsp3) is 0.917. The predicted molar refractivity (Wildman–Crippen MR) is 66.4 cm³/mol. The van der Waals surface area contributed by atoms with Gasteiger partial charge in [-0.05, 0) is 52.4 Å². The normalized spacial score (nSPS) is 15.5. The van der Waals surface area contributed by atoms with E-state index in [-0.39, 0.29) is 5.91 Å². The lowest BCUT2D eigenvalue weighted by molar-refractivity contribution is -0.129. The van der Waals surface area contributed by atoms with Crippen LogP contribution in [0.1, 0.15) is 19.3 Å². The average Bonchev–Trinajstić information content (AvgIpc) is 3.00. The Labute approximate surface area is 99.0 Å². The molecule has 0 radical (unpaired) electrons. The average molecular weight is 227 g/mol. The lowest BCUT2D eigenvalue weighted by Gasteiger charge is -2.18. The molecule has 0 spiro atoms. The first-order valence-corrected chi connectivity index (χ1v) is 6.19. The van der Waals surface area contributed by atoms with Crippen molar-refractivity contribution < 1.29 is 4.79 Å². The van der Waals surface area contributed by atoms with Crippen LogP contribution >= 0.6 is 0 Å². The van der Waals surface area contributed by atoms with Gasteiger partial charge in [-0.3, -0.25) is 4.79 Å². The highest BCUT2D eigenvalue weighted by Crippen LogP contribution is 2.27. The Morgan fingerprint density at radius 3 is 2.50 bits per heavy atom. The van der Waals surface area contributed by atoms with Gasteiger partial charge in [-0.15, -0.1) is 0 Å². The van der Waals surface area contributed by atoms with Crippen molar-refractivity contribution in [1.82, 2.24) is 15.1 Å². The van der Waals surface area contributed by atoms with E-state index in [1.165, 1.54) is 12.8 Å². The Kier molecular flexibility index (Phi) is 5.77. The first-order chi connectivity index (χ1) is 7.59. The van der Waals surface area contributed by atoms with Crippen molar-refractivity contribution in [3.63, 3.8) is 0 Å². The summed E-state index contributed by atoms with van der Waals surface area (Å²) in [6, 6.07) is 0. The van der Waals surface area contributed by atoms with Crippen molar-refractivity contribution in [1.29, 1.82) is 0 Å². The molecule has 1 fully saturated rings. The van der Waals surface area contributed by atoms with Gasteiger partial charge in [0.15, 0.2) is 0 Å². The van der Waals surface area contributed by atoms with Gasteiger partial charge in [0.25, 0.3) is 0 Å². The summed E-state index contributed by atoms with van der Waals surface area (Å²) in [7, 11) is 5.99. The van der Waals surface area contributed by atoms with Crippen molar-refractivity contribution in [2.75, 3.05) is 47.3 Å². The van der Waals surface area contributed by atoms with E-state index in [9.17, 15) is 4.79 Å². The summed E-state index contributed by atoms with van der Waals surface area (Å²) in [5.74, 6) is 1.05. The van der Waals surface area contributed by atoms with Crippen LogP contribution in [0.3, 0.4) is 0 Å². The van der Waals surface area contributed by atoms with Crippen molar-refractivity contribution in [2.45, 2.75) is 19.3 Å². The van der Waals surface area contributed by atoms with Gasteiger partial charge in [0.05, 0.1) is 6.54 Å². The highest BCUT2D eigenvalue weighted by molar-refractivity contribution is 5.77. The number of carbonyl (C=O) groups excluding carboxylic acids is 1. The van der Waals surface area contributed by atoms with Crippen LogP contribution in [-0.2, 0) is 4.79 Å². The molecular formula is C12H25N3O. The third kappa shape index (κ3) is 6.08. The molecule has 1 saturated carbocycles. The fourth-order valence-electron chi connectivity index (χ4n) is 1.59. The van der Waals surface area contributed by atoms with Crippen LogP contribution in [0.5, 0.6) is 0 Å². The van der Waals surface area contributed by atoms with Gasteiger partial charge >= 0.3 is 0 Å². The molecule has 0 saturated heterocycles. The number of rotatable bonds is 8. The topological polar surface area (TPSA) is 35.6 Å². The molecule has 0 aliphatic heterocycles. The van der Waals surface area contributed by atoms with Crippen LogP contribution in [0, 0.1) is 5.92 Å². The number of hydrogen-bond donors (Lipinski definition) is 1. The minimum absolute atomic E-state index is 0.208. The first kappa shape index (κ1) is 13.5. The van der Waals surface area contributed by atoms with Gasteiger partial charge in [0.2, 0.25) is 5.91 Å². The number of nitrogens with zero attached hydrogens (tertiary/aromatic N) is 2. The molecule has 0 aromatic heterocycles. The summed E-state index contributed by atoms with van der Waals surface area (Å²) in [4.78, 5) is 15.6. The summed E-state index contributed by atoms with van der Waals surface area (Å²) >= 11 is 0. The van der Waals surface area contributed by atoms with E-state index in [0.717, 1.165) is 32.0 Å². The highest BCUT2D eigenvalue weighted by Gasteiger charge is 2.20. The zero-order chi connectivity index (χ0) is 12.0. The van der Waals surface area contributed by atoms with Crippen LogP contribution in [0.15, 0.2) is 0 Å². The molecule has 1 amide bonds. The monoisotopic (exact) mass is 227 g/mol. The van der Waals surface area contributed by atoms with Crippen LogP contribution in [-0.4, -0.2) is 63.0 Å². The lowest BCUT2D eigenvalue weighted by atomic mass is 10.3. The van der Waals surface area contributed by atoms with E-state index in [1.807, 2.05) is 11.9 Å². The van der Waals surface area contributed by atoms with E-state index in [2.05, 4.69) is 24.3 Å². The second-order valence-corrected chi connectivity index (χ2v) is 5.05. The minimum Gasteiger partial charge on any atom is -0.345 e. The number of carbonyl (C=O) groups is 1. The van der Waals surface area contributed by atoms with Crippen molar-refractivity contribution in [3.8, 4) is 0 Å². The van der Waals surface area contributed by atoms with E-state index in [4.69, 9.17) is 0 Å². The maximum atomic E-state index is 11.7. The molecule has 1 rings (SSSR count). The molecule has 0 bridgehead atoms. The third-order valence-electron chi connectivity index (χ3n) is 2.93. The SMILES string of the molecule is CN(C)CCCN(C)C(=O)CNCC1CC1. The molecule has 0 atom stereocenters. The smallest absolute Gasteiger partial charge is 0.236 e. The number of likely N-dealkylation sites (N-methyl/N-ethyl adjacent to an activating group) is 1. The van der Waals surface area contributed by atoms with Crippen LogP contribution in [0.4, 0.5) is 0 Å². The van der Waals surface area contributed by atoms with Gasteiger partial charge in [-0.1, -0.05) is 0 Å². The summed E-state index contributed by atoms with van der Waals surface area (Å²) < 4.78 is 0. The quantitative estimate of drug-likeness (QED) is 0.652. The standard InChI is InChI=1S/C12H25N3O/c1-14(2)7-4-8-15(3)12(16)10-13-9-11-5-6-11/h11,13H,4-10H2,1-3H3. The van der Waals surface area contributed by atoms with Gasteiger partial charge in [-0.2, -0.15) is 0 Å². The molecule has 0 heterocycles. The number of nitrogens with one attached hydrogen (secondary N) is 1. The van der Waals surface area contributed by atoms with Crippen molar-refractivity contribution >= 4 is 5.91 Å². The summed E-state index contributed by atoms with van der Waals surface area (Å²) in [5, 5.41) is 3.23. The van der Waals surface area contributed by atoms with Gasteiger partial charge in [0.1, 0.15) is 0 Å². The number of amides is 1. The van der Waals surface area contributed by atoms with Gasteiger partial charge < -0.3 is 15.1 Å². The minimum atomic E-state index is 0.208. The molecule has 1 N–H and O–H groups in total. The van der Waals surface area contributed by atoms with E-state index >= 15 is 0 Å². The maximum absolute atomic E-state index is 11.7. The maximum Gasteiger partial charge on any atom is 0.236 e. The van der Waals surface area contributed by atoms with Crippen LogP contribution in [0.25, 0.3) is 0 Å². The number of hydrogen-bond acceptors (Lipinski definition) is 3. The van der Waals surface area contributed by atoms with Gasteiger partial charge in [0, 0.05) is 13.6 Å². The van der Waals surface area contributed by atoms with Crippen LogP contribution in [0.2, 0.25) is 0 Å². The Morgan fingerprint density at radius 2 is 1.94 bits per heavy atom. The molecule has 0 unspecified atom stereocenters. The molecule has 1 aliphatic carbocycles. The predicted octanol–water partition coefficient (Wildman–Crippen LogP) is 0.396. The molecule has 0 aromatic carbocycles. The lowest BCUT2D eigenvalue weighted by Crippen LogP contribution is -2.37. The Morgan fingerprint density at radius 1 is 1.25 bits per heavy atom. The Balaban J connectivity index is 1.99. The zero-order valence-electron chi connectivity index (χ0n) is 10.8. The second-order valence-electron chi connectivity index (χ2n) is 5.05. The third-order valence-corrected chi connectivity index (χ3v) is 2.93. The molecule has 4 heteroatoms. The van der Waals surface area contributed by atoms with Crippen LogP contribution < -0.4 is 5.32 Å². The van der Waals surface area contributed by atoms with Crippen molar-refractivity contribution in [3.05, 3.63) is 0 Å². The van der Waals surface area contributed by atoms with Gasteiger partial charge in [-0.25, -0.2) is 0 Å². The first-order valence-electron chi connectivity index (χ1n) is 6.19. The van der Waals surface area contributed by atoms with Crippen molar-refractivity contribution in [2.24, 2.45) is 5.92 Å². The Bertz CT molecular complexity index is 214. The zero-order valence-corrected chi connectivity index (χ0v) is 10.8. The summed E-state index contributed by atoms with van der Waals surface area (Å²) in [6.07, 6.45) is 3.71. The summed E-state index contributed by atoms with van der Waals surface area (Å²) in [5.41, 5.74) is 0. The molecule has 4 nitrogen and oxygen atoms in total. The molecular weight excluding hydrogens is 202 g/mol. The van der Waals surface area contributed by atoms with E-state index < -0.39 is 0 Å². The molecule has 94 valence electrons. The highest BCUT2D eigenvalue weighted by atomic mass is 16.2. The summed E-state index contributed by atoms with van der Waals surface area (Å²) in [6.45, 7) is 3.39. The molecule has 1 aliphatic rings. The molecule has 0 aromatic rings. The largest absolute Gasteiger partial charge is 0.345 e. The second kappa shape index (κ2) is 6.86. The van der Waals surface area contributed by atoms with E-state index in [1.54, 1.807) is 0 Å². The fourth-order valence-corrected chi connectivity index (χ4v) is 1.59. The Hall–Kier alpha value is -0.610. The van der Waals surface area contributed by atoms with E-state index in [0.29, 0.717) is 6.54 Å². The molecule has 16 heavy (non-hydrogen) atoms.